The summed E-state index contributed by atoms with van der Waals surface area (Å²) in [5, 5.41) is 8.74. The highest BCUT2D eigenvalue weighted by Gasteiger charge is 2.20. The molecule has 1 N–H and O–H groups in total. The van der Waals surface area contributed by atoms with Gasteiger partial charge in [0.1, 0.15) is 11.9 Å². The third kappa shape index (κ3) is 1.44. The van der Waals surface area contributed by atoms with Gasteiger partial charge in [-0.25, -0.2) is 4.98 Å². The Balaban J connectivity index is 2.26. The van der Waals surface area contributed by atoms with Crippen LogP contribution in [0.25, 0.3) is 0 Å². The van der Waals surface area contributed by atoms with E-state index in [0.29, 0.717) is 11.6 Å². The molecule has 1 aliphatic carbocycles. The Labute approximate surface area is 77.8 Å². The van der Waals surface area contributed by atoms with Crippen molar-refractivity contribution in [2.45, 2.75) is 38.5 Å². The number of aryl methyl sites for hydroxylation is 1. The fourth-order valence-corrected chi connectivity index (χ4v) is 1.99. The van der Waals surface area contributed by atoms with Gasteiger partial charge in [0.25, 0.3) is 0 Å². The van der Waals surface area contributed by atoms with Crippen molar-refractivity contribution in [3.63, 3.8) is 0 Å². The number of nitrogens with zero attached hydrogens (tertiary/aromatic N) is 2. The van der Waals surface area contributed by atoms with E-state index in [2.05, 4.69) is 16.0 Å². The molecule has 0 atom stereocenters. The van der Waals surface area contributed by atoms with E-state index in [4.69, 9.17) is 5.26 Å². The molecule has 1 fully saturated rings. The van der Waals surface area contributed by atoms with Crippen LogP contribution in [0, 0.1) is 18.3 Å². The second-order valence-corrected chi connectivity index (χ2v) is 3.69. The molecule has 0 amide bonds. The van der Waals surface area contributed by atoms with E-state index in [9.17, 15) is 0 Å². The molecule has 0 aromatic carbocycles. The van der Waals surface area contributed by atoms with Gasteiger partial charge in [-0.15, -0.1) is 0 Å². The molecule has 1 aliphatic rings. The molecular weight excluding hydrogens is 162 g/mol. The average molecular weight is 175 g/mol. The van der Waals surface area contributed by atoms with E-state index in [-0.39, 0.29) is 0 Å². The van der Waals surface area contributed by atoms with Gasteiger partial charge >= 0.3 is 0 Å². The molecule has 0 saturated heterocycles. The monoisotopic (exact) mass is 175 g/mol. The van der Waals surface area contributed by atoms with Crippen molar-refractivity contribution in [2.75, 3.05) is 0 Å². The van der Waals surface area contributed by atoms with Crippen LogP contribution in [0.15, 0.2) is 0 Å². The van der Waals surface area contributed by atoms with Gasteiger partial charge in [0, 0.05) is 11.6 Å². The van der Waals surface area contributed by atoms with Crippen LogP contribution in [-0.2, 0) is 0 Å². The van der Waals surface area contributed by atoms with Crippen LogP contribution in [0.4, 0.5) is 0 Å². The number of nitrogens with one attached hydrogen (secondary N) is 1. The number of aromatic nitrogens is 2. The Morgan fingerprint density at radius 2 is 2.15 bits per heavy atom. The molecule has 0 spiro atoms. The number of hydrogen-bond acceptors (Lipinski definition) is 2. The number of aromatic amines is 1. The minimum atomic E-state index is 0.557. The van der Waals surface area contributed by atoms with Gasteiger partial charge in [0.05, 0.1) is 0 Å². The summed E-state index contributed by atoms with van der Waals surface area (Å²) in [5.74, 6) is 1.59. The molecule has 68 valence electrons. The van der Waals surface area contributed by atoms with E-state index in [1.165, 1.54) is 25.7 Å². The van der Waals surface area contributed by atoms with Crippen LogP contribution >= 0.6 is 0 Å². The lowest BCUT2D eigenvalue weighted by Crippen LogP contribution is -1.94. The number of rotatable bonds is 1. The lowest BCUT2D eigenvalue weighted by molar-refractivity contribution is 0.677. The normalized spacial score (nSPS) is 17.5. The molecule has 13 heavy (non-hydrogen) atoms. The highest BCUT2D eigenvalue weighted by Crippen LogP contribution is 2.32. The Morgan fingerprint density at radius 3 is 2.69 bits per heavy atom. The zero-order chi connectivity index (χ0) is 9.26. The second-order valence-electron chi connectivity index (χ2n) is 3.69. The molecule has 1 aromatic rings. The molecule has 3 nitrogen and oxygen atoms in total. The quantitative estimate of drug-likeness (QED) is 0.711. The average Bonchev–Trinajstić information content (AvgIpc) is 2.71. The Morgan fingerprint density at radius 1 is 1.46 bits per heavy atom. The van der Waals surface area contributed by atoms with E-state index in [1.54, 1.807) is 0 Å². The third-order valence-electron chi connectivity index (χ3n) is 2.75. The Hall–Kier alpha value is -1.30. The zero-order valence-electron chi connectivity index (χ0n) is 7.80. The van der Waals surface area contributed by atoms with E-state index < -0.39 is 0 Å². The summed E-state index contributed by atoms with van der Waals surface area (Å²) in [7, 11) is 0. The van der Waals surface area contributed by atoms with Crippen LogP contribution < -0.4 is 0 Å². The first-order valence-electron chi connectivity index (χ1n) is 4.78. The number of imidazole rings is 1. The summed E-state index contributed by atoms with van der Waals surface area (Å²) in [5.41, 5.74) is 1.46. The summed E-state index contributed by atoms with van der Waals surface area (Å²) in [4.78, 5) is 7.50. The van der Waals surface area contributed by atoms with Gasteiger partial charge < -0.3 is 4.98 Å². The summed E-state index contributed by atoms with van der Waals surface area (Å²) in [6.45, 7) is 1.91. The molecule has 1 heterocycles. The second kappa shape index (κ2) is 3.21. The number of H-pyrrole nitrogens is 1. The van der Waals surface area contributed by atoms with E-state index in [1.807, 2.05) is 6.92 Å². The van der Waals surface area contributed by atoms with E-state index >= 15 is 0 Å². The predicted octanol–water partition coefficient (Wildman–Crippen LogP) is 2.25. The van der Waals surface area contributed by atoms with Crippen LogP contribution in [0.1, 0.15) is 48.8 Å². The molecule has 0 bridgehead atoms. The van der Waals surface area contributed by atoms with Crippen molar-refractivity contribution >= 4 is 0 Å². The minimum Gasteiger partial charge on any atom is -0.345 e. The molecular formula is C10H13N3. The van der Waals surface area contributed by atoms with Gasteiger partial charge in [-0.1, -0.05) is 12.8 Å². The smallest absolute Gasteiger partial charge is 0.161 e. The predicted molar refractivity (Wildman–Crippen MR) is 49.2 cm³/mol. The van der Waals surface area contributed by atoms with Crippen LogP contribution in [0.5, 0.6) is 0 Å². The molecule has 1 aromatic heterocycles. The molecule has 0 aliphatic heterocycles. The van der Waals surface area contributed by atoms with Crippen molar-refractivity contribution in [2.24, 2.45) is 0 Å². The molecule has 0 unspecified atom stereocenters. The minimum absolute atomic E-state index is 0.557. The summed E-state index contributed by atoms with van der Waals surface area (Å²) < 4.78 is 0. The number of nitriles is 1. The van der Waals surface area contributed by atoms with Gasteiger partial charge in [-0.05, 0) is 19.8 Å². The molecule has 3 heteroatoms. The zero-order valence-corrected chi connectivity index (χ0v) is 7.80. The lowest BCUT2D eigenvalue weighted by atomic mass is 10.1. The molecule has 2 rings (SSSR count). The van der Waals surface area contributed by atoms with Gasteiger partial charge in [0.15, 0.2) is 5.69 Å². The first-order valence-corrected chi connectivity index (χ1v) is 4.78. The van der Waals surface area contributed by atoms with Crippen molar-refractivity contribution in [1.29, 1.82) is 5.26 Å². The van der Waals surface area contributed by atoms with Gasteiger partial charge in [0.2, 0.25) is 0 Å². The Kier molecular flexibility index (Phi) is 2.05. The van der Waals surface area contributed by atoms with Crippen molar-refractivity contribution < 1.29 is 0 Å². The topological polar surface area (TPSA) is 52.5 Å². The van der Waals surface area contributed by atoms with Crippen molar-refractivity contribution in [3.05, 3.63) is 17.2 Å². The maximum Gasteiger partial charge on any atom is 0.161 e. The van der Waals surface area contributed by atoms with Crippen molar-refractivity contribution in [1.82, 2.24) is 9.97 Å². The maximum absolute atomic E-state index is 8.74. The first-order chi connectivity index (χ1) is 6.31. The molecule has 0 radical (unpaired) electrons. The van der Waals surface area contributed by atoms with Gasteiger partial charge in [-0.2, -0.15) is 5.26 Å². The lowest BCUT2D eigenvalue weighted by Gasteiger charge is -2.02. The van der Waals surface area contributed by atoms with Crippen LogP contribution in [0.3, 0.4) is 0 Å². The fourth-order valence-electron chi connectivity index (χ4n) is 1.99. The summed E-state index contributed by atoms with van der Waals surface area (Å²) in [6.07, 6.45) is 5.04. The van der Waals surface area contributed by atoms with Crippen molar-refractivity contribution in [3.8, 4) is 6.07 Å². The highest BCUT2D eigenvalue weighted by molar-refractivity contribution is 5.27. The Bertz CT molecular complexity index is 340. The third-order valence-corrected chi connectivity index (χ3v) is 2.75. The fraction of sp³-hybridized carbons (Fsp3) is 0.600. The number of hydrogen-bond donors (Lipinski definition) is 1. The highest BCUT2D eigenvalue weighted by atomic mass is 14.9. The largest absolute Gasteiger partial charge is 0.345 e. The van der Waals surface area contributed by atoms with Crippen LogP contribution in [-0.4, -0.2) is 9.97 Å². The van der Waals surface area contributed by atoms with Crippen LogP contribution in [0.2, 0.25) is 0 Å². The van der Waals surface area contributed by atoms with E-state index in [0.717, 1.165) is 11.5 Å². The van der Waals surface area contributed by atoms with Gasteiger partial charge in [-0.3, -0.25) is 0 Å². The first kappa shape index (κ1) is 8.31. The summed E-state index contributed by atoms with van der Waals surface area (Å²) >= 11 is 0. The standard InChI is InChI=1S/C10H13N3/c1-7-9(6-11)13-10(12-7)8-4-2-3-5-8/h8H,2-5H2,1H3,(H,12,13). The maximum atomic E-state index is 8.74. The summed E-state index contributed by atoms with van der Waals surface area (Å²) in [6, 6.07) is 2.10. The SMILES string of the molecule is Cc1[nH]c(C2CCCC2)nc1C#N. The molecule has 1 saturated carbocycles.